The highest BCUT2D eigenvalue weighted by atomic mass is 16.6. The summed E-state index contributed by atoms with van der Waals surface area (Å²) in [4.78, 5) is 21.7. The zero-order chi connectivity index (χ0) is 11.7. The first-order chi connectivity index (χ1) is 7.58. The van der Waals surface area contributed by atoms with Crippen LogP contribution in [0.1, 0.15) is 0 Å². The van der Waals surface area contributed by atoms with Crippen LogP contribution in [0, 0.1) is 0 Å². The summed E-state index contributed by atoms with van der Waals surface area (Å²) in [6.07, 6.45) is 0.751. The second-order valence-corrected chi connectivity index (χ2v) is 3.30. The summed E-state index contributed by atoms with van der Waals surface area (Å²) in [5, 5.41) is 7.99. The number of fused-ring (bicyclic) bond motifs is 1. The molecule has 16 heavy (non-hydrogen) atoms. The van der Waals surface area contributed by atoms with Crippen LogP contribution in [-0.4, -0.2) is 50.1 Å². The van der Waals surface area contributed by atoms with Gasteiger partial charge >= 0.3 is 6.09 Å². The van der Waals surface area contributed by atoms with Crippen LogP contribution in [-0.2, 0) is 7.05 Å². The molecule has 2 aromatic rings. The van der Waals surface area contributed by atoms with E-state index in [1.807, 2.05) is 0 Å². The fourth-order valence-electron chi connectivity index (χ4n) is 1.07. The van der Waals surface area contributed by atoms with Gasteiger partial charge in [0, 0.05) is 21.1 Å². The molecular formula is C8H10N6O2. The molecule has 2 rings (SSSR count). The van der Waals surface area contributed by atoms with Crippen LogP contribution in [0.4, 0.5) is 4.79 Å². The molecule has 8 nitrogen and oxygen atoms in total. The average molecular weight is 222 g/mol. The highest BCUT2D eigenvalue weighted by molar-refractivity contribution is 5.79. The minimum absolute atomic E-state index is 0.108. The fraction of sp³-hybridized carbons (Fsp3) is 0.375. The van der Waals surface area contributed by atoms with Crippen molar-refractivity contribution in [1.82, 2.24) is 29.9 Å². The van der Waals surface area contributed by atoms with Crippen molar-refractivity contribution in [2.45, 2.75) is 0 Å². The van der Waals surface area contributed by atoms with E-state index in [0.29, 0.717) is 11.2 Å². The van der Waals surface area contributed by atoms with Gasteiger partial charge in [0.2, 0.25) is 5.65 Å². The molecule has 0 aliphatic carbocycles. The summed E-state index contributed by atoms with van der Waals surface area (Å²) < 4.78 is 5.02. The maximum absolute atomic E-state index is 11.4. The maximum atomic E-state index is 11.4. The van der Waals surface area contributed by atoms with Gasteiger partial charge in [-0.15, -0.1) is 10.2 Å². The van der Waals surface area contributed by atoms with Gasteiger partial charge in [-0.3, -0.25) is 0 Å². The van der Waals surface area contributed by atoms with Gasteiger partial charge in [0.25, 0.3) is 5.88 Å². The van der Waals surface area contributed by atoms with Gasteiger partial charge in [-0.1, -0.05) is 0 Å². The molecule has 0 aromatic carbocycles. The molecular weight excluding hydrogens is 212 g/mol. The molecule has 0 aliphatic heterocycles. The summed E-state index contributed by atoms with van der Waals surface area (Å²) in [6.45, 7) is 0. The summed E-state index contributed by atoms with van der Waals surface area (Å²) >= 11 is 0. The molecule has 0 radical (unpaired) electrons. The van der Waals surface area contributed by atoms with Crippen LogP contribution < -0.4 is 4.74 Å². The number of hydrogen-bond donors (Lipinski definition) is 0. The van der Waals surface area contributed by atoms with Gasteiger partial charge in [0.05, 0.1) is 0 Å². The lowest BCUT2D eigenvalue weighted by Gasteiger charge is -2.09. The number of aryl methyl sites for hydroxylation is 1. The average Bonchev–Trinajstić information content (AvgIpc) is 2.59. The molecule has 0 spiro atoms. The Bertz CT molecular complexity index is 534. The first-order valence-electron chi connectivity index (χ1n) is 4.49. The first kappa shape index (κ1) is 10.3. The molecule has 0 saturated heterocycles. The smallest absolute Gasteiger partial charge is 0.388 e. The highest BCUT2D eigenvalue weighted by Crippen LogP contribution is 2.17. The maximum Gasteiger partial charge on any atom is 0.416 e. The largest absolute Gasteiger partial charge is 0.416 e. The second-order valence-electron chi connectivity index (χ2n) is 3.30. The molecule has 0 fully saturated rings. The van der Waals surface area contributed by atoms with E-state index in [1.165, 1.54) is 16.0 Å². The minimum Gasteiger partial charge on any atom is -0.388 e. The Morgan fingerprint density at radius 2 is 2.12 bits per heavy atom. The molecule has 0 unspecified atom stereocenters. The van der Waals surface area contributed by atoms with Crippen molar-refractivity contribution in [1.29, 1.82) is 0 Å². The van der Waals surface area contributed by atoms with Crippen molar-refractivity contribution < 1.29 is 9.53 Å². The fourth-order valence-corrected chi connectivity index (χ4v) is 1.07. The number of nitrogens with zero attached hydrogens (tertiary/aromatic N) is 6. The SMILES string of the molecule is CN(C)C(=O)Oc1ncnc2nn(C)nc12. The van der Waals surface area contributed by atoms with Crippen molar-refractivity contribution in [3.63, 3.8) is 0 Å². The van der Waals surface area contributed by atoms with Gasteiger partial charge < -0.3 is 9.64 Å². The Hall–Kier alpha value is -2.25. The van der Waals surface area contributed by atoms with E-state index in [9.17, 15) is 4.79 Å². The number of ether oxygens (including phenoxy) is 1. The summed E-state index contributed by atoms with van der Waals surface area (Å²) in [7, 11) is 4.81. The van der Waals surface area contributed by atoms with Gasteiger partial charge in [-0.25, -0.2) is 9.78 Å². The standard InChI is InChI=1S/C8H10N6O2/c1-13(2)8(15)16-7-5-6(9-4-10-7)12-14(3)11-5/h4H,1-3H3. The molecule has 0 bridgehead atoms. The molecule has 0 aliphatic rings. The molecule has 2 aromatic heterocycles. The topological polar surface area (TPSA) is 86.0 Å². The minimum atomic E-state index is -0.523. The van der Waals surface area contributed by atoms with Crippen LogP contribution in [0.5, 0.6) is 5.88 Å². The summed E-state index contributed by atoms with van der Waals surface area (Å²) in [5.41, 5.74) is 0.749. The van der Waals surface area contributed by atoms with Crippen LogP contribution in [0.25, 0.3) is 11.2 Å². The number of amides is 1. The van der Waals surface area contributed by atoms with Crippen molar-refractivity contribution in [3.8, 4) is 5.88 Å². The van der Waals surface area contributed by atoms with Gasteiger partial charge in [-0.2, -0.15) is 9.78 Å². The lowest BCUT2D eigenvalue weighted by Crippen LogP contribution is -2.25. The number of carbonyl (C=O) groups is 1. The Morgan fingerprint density at radius 1 is 1.38 bits per heavy atom. The van der Waals surface area contributed by atoms with E-state index < -0.39 is 6.09 Å². The molecule has 0 saturated carbocycles. The highest BCUT2D eigenvalue weighted by Gasteiger charge is 2.14. The third-order valence-corrected chi connectivity index (χ3v) is 1.80. The summed E-state index contributed by atoms with van der Waals surface area (Å²) in [5.74, 6) is 0.108. The first-order valence-corrected chi connectivity index (χ1v) is 4.49. The van der Waals surface area contributed by atoms with Crippen molar-refractivity contribution in [2.24, 2.45) is 7.05 Å². The zero-order valence-electron chi connectivity index (χ0n) is 9.08. The molecule has 1 amide bonds. The molecule has 2 heterocycles. The molecule has 84 valence electrons. The predicted molar refractivity (Wildman–Crippen MR) is 53.8 cm³/mol. The Labute approximate surface area is 90.8 Å². The van der Waals surface area contributed by atoms with E-state index in [2.05, 4.69) is 20.2 Å². The van der Waals surface area contributed by atoms with Crippen LogP contribution in [0.2, 0.25) is 0 Å². The number of hydrogen-bond acceptors (Lipinski definition) is 6. The van der Waals surface area contributed by atoms with Crippen molar-refractivity contribution in [2.75, 3.05) is 14.1 Å². The van der Waals surface area contributed by atoms with E-state index >= 15 is 0 Å². The number of rotatable bonds is 1. The van der Waals surface area contributed by atoms with Gasteiger partial charge in [-0.05, 0) is 0 Å². The zero-order valence-corrected chi connectivity index (χ0v) is 9.08. The predicted octanol–water partition coefficient (Wildman–Crippen LogP) is -0.181. The van der Waals surface area contributed by atoms with Gasteiger partial charge in [0.15, 0.2) is 5.52 Å². The summed E-state index contributed by atoms with van der Waals surface area (Å²) in [6, 6.07) is 0. The van der Waals surface area contributed by atoms with Crippen molar-refractivity contribution in [3.05, 3.63) is 6.33 Å². The normalized spacial score (nSPS) is 10.4. The van der Waals surface area contributed by atoms with E-state index in [0.717, 1.165) is 0 Å². The quantitative estimate of drug-likeness (QED) is 0.665. The Balaban J connectivity index is 2.40. The van der Waals surface area contributed by atoms with E-state index in [1.54, 1.807) is 21.1 Å². The third kappa shape index (κ3) is 1.76. The number of aromatic nitrogens is 5. The monoisotopic (exact) mass is 222 g/mol. The third-order valence-electron chi connectivity index (χ3n) is 1.80. The van der Waals surface area contributed by atoms with Crippen LogP contribution in [0.15, 0.2) is 6.33 Å². The van der Waals surface area contributed by atoms with E-state index in [4.69, 9.17) is 4.74 Å². The van der Waals surface area contributed by atoms with Gasteiger partial charge in [0.1, 0.15) is 6.33 Å². The molecule has 0 atom stereocenters. The number of carbonyl (C=O) groups excluding carboxylic acids is 1. The second kappa shape index (κ2) is 3.72. The Morgan fingerprint density at radius 3 is 2.81 bits per heavy atom. The van der Waals surface area contributed by atoms with Crippen LogP contribution >= 0.6 is 0 Å². The molecule has 0 N–H and O–H groups in total. The lowest BCUT2D eigenvalue weighted by molar-refractivity contribution is 0.170. The Kier molecular flexibility index (Phi) is 2.39. The van der Waals surface area contributed by atoms with Crippen LogP contribution in [0.3, 0.4) is 0 Å². The van der Waals surface area contributed by atoms with Crippen molar-refractivity contribution >= 4 is 17.3 Å². The lowest BCUT2D eigenvalue weighted by atomic mass is 10.5. The molecule has 8 heteroatoms. The van der Waals surface area contributed by atoms with E-state index in [-0.39, 0.29) is 5.88 Å².